The smallest absolute Gasteiger partial charge is 0.161 e. The number of nitrogen functional groups attached to an aromatic ring is 1. The highest BCUT2D eigenvalue weighted by Crippen LogP contribution is 2.28. The molecule has 1 heterocycles. The molecule has 0 aliphatic rings. The van der Waals surface area contributed by atoms with Crippen molar-refractivity contribution in [3.05, 3.63) is 54.2 Å². The number of para-hydroxylation sites is 2. The van der Waals surface area contributed by atoms with Crippen molar-refractivity contribution in [2.45, 2.75) is 6.61 Å². The van der Waals surface area contributed by atoms with Crippen LogP contribution in [0.15, 0.2) is 48.7 Å². The second kappa shape index (κ2) is 5.17. The number of hydrogen-bond acceptors (Lipinski definition) is 3. The van der Waals surface area contributed by atoms with Gasteiger partial charge in [0.15, 0.2) is 11.5 Å². The molecule has 102 valence electrons. The van der Waals surface area contributed by atoms with Crippen LogP contribution < -0.4 is 15.2 Å². The molecule has 0 fully saturated rings. The second-order valence-electron chi connectivity index (χ2n) is 4.56. The average molecular weight is 268 g/mol. The quantitative estimate of drug-likeness (QED) is 0.713. The Morgan fingerprint density at radius 1 is 1.10 bits per heavy atom. The highest BCUT2D eigenvalue weighted by Gasteiger charge is 2.07. The standard InChI is InChI=1S/C16H16N2O2/c1-19-15-4-2-3-5-16(15)20-10-11-9-18-14-8-12(17)6-7-13(11)14/h2-9,18H,10,17H2,1H3. The zero-order valence-electron chi connectivity index (χ0n) is 11.2. The van der Waals surface area contributed by atoms with Crippen LogP contribution in [0, 0.1) is 0 Å². The lowest BCUT2D eigenvalue weighted by atomic mass is 10.2. The van der Waals surface area contributed by atoms with Gasteiger partial charge in [-0.3, -0.25) is 0 Å². The minimum absolute atomic E-state index is 0.476. The molecule has 0 amide bonds. The van der Waals surface area contributed by atoms with Crippen LogP contribution in [-0.4, -0.2) is 12.1 Å². The number of methoxy groups -OCH3 is 1. The molecule has 4 nitrogen and oxygen atoms in total. The molecule has 0 unspecified atom stereocenters. The second-order valence-corrected chi connectivity index (χ2v) is 4.56. The number of nitrogens with one attached hydrogen (secondary N) is 1. The van der Waals surface area contributed by atoms with Crippen molar-refractivity contribution in [2.75, 3.05) is 12.8 Å². The van der Waals surface area contributed by atoms with E-state index in [0.717, 1.165) is 33.7 Å². The number of aromatic amines is 1. The van der Waals surface area contributed by atoms with Gasteiger partial charge >= 0.3 is 0 Å². The maximum atomic E-state index is 5.83. The number of rotatable bonds is 4. The molecule has 0 atom stereocenters. The topological polar surface area (TPSA) is 60.3 Å². The molecule has 0 spiro atoms. The lowest BCUT2D eigenvalue weighted by Crippen LogP contribution is -1.96. The Morgan fingerprint density at radius 3 is 2.70 bits per heavy atom. The van der Waals surface area contributed by atoms with Crippen LogP contribution in [0.3, 0.4) is 0 Å². The van der Waals surface area contributed by atoms with Gasteiger partial charge in [0.2, 0.25) is 0 Å². The lowest BCUT2D eigenvalue weighted by Gasteiger charge is -2.09. The summed E-state index contributed by atoms with van der Waals surface area (Å²) >= 11 is 0. The van der Waals surface area contributed by atoms with E-state index < -0.39 is 0 Å². The van der Waals surface area contributed by atoms with Gasteiger partial charge in [-0.05, 0) is 24.3 Å². The monoisotopic (exact) mass is 268 g/mol. The number of ether oxygens (including phenoxy) is 2. The van der Waals surface area contributed by atoms with Crippen LogP contribution in [0.4, 0.5) is 5.69 Å². The molecule has 0 radical (unpaired) electrons. The van der Waals surface area contributed by atoms with Crippen molar-refractivity contribution in [2.24, 2.45) is 0 Å². The predicted molar refractivity (Wildman–Crippen MR) is 80.0 cm³/mol. The third-order valence-electron chi connectivity index (χ3n) is 3.24. The number of anilines is 1. The number of hydrogen-bond donors (Lipinski definition) is 2. The summed E-state index contributed by atoms with van der Waals surface area (Å²) in [6.45, 7) is 0.476. The third-order valence-corrected chi connectivity index (χ3v) is 3.24. The molecule has 20 heavy (non-hydrogen) atoms. The maximum absolute atomic E-state index is 5.83. The fourth-order valence-corrected chi connectivity index (χ4v) is 2.22. The maximum Gasteiger partial charge on any atom is 0.161 e. The van der Waals surface area contributed by atoms with Crippen LogP contribution >= 0.6 is 0 Å². The predicted octanol–water partition coefficient (Wildman–Crippen LogP) is 3.34. The first-order valence-corrected chi connectivity index (χ1v) is 6.39. The number of nitrogens with two attached hydrogens (primary N) is 1. The summed E-state index contributed by atoms with van der Waals surface area (Å²) in [6.07, 6.45) is 1.94. The molecule has 4 heteroatoms. The zero-order valence-corrected chi connectivity index (χ0v) is 11.2. The van der Waals surface area contributed by atoms with Crippen LogP contribution in [0.1, 0.15) is 5.56 Å². The Balaban J connectivity index is 1.83. The molecule has 0 saturated carbocycles. The first kappa shape index (κ1) is 12.4. The lowest BCUT2D eigenvalue weighted by molar-refractivity contribution is 0.285. The van der Waals surface area contributed by atoms with Crippen molar-refractivity contribution in [1.29, 1.82) is 0 Å². The first-order chi connectivity index (χ1) is 9.78. The van der Waals surface area contributed by atoms with Gasteiger partial charge < -0.3 is 20.2 Å². The molecule has 0 saturated heterocycles. The summed E-state index contributed by atoms with van der Waals surface area (Å²) in [4.78, 5) is 3.20. The fourth-order valence-electron chi connectivity index (χ4n) is 2.22. The molecule has 2 aromatic carbocycles. The van der Waals surface area contributed by atoms with E-state index in [2.05, 4.69) is 4.98 Å². The van der Waals surface area contributed by atoms with Crippen LogP contribution in [0.25, 0.3) is 10.9 Å². The minimum atomic E-state index is 0.476. The Bertz CT molecular complexity index is 734. The first-order valence-electron chi connectivity index (χ1n) is 6.39. The normalized spacial score (nSPS) is 10.7. The largest absolute Gasteiger partial charge is 0.493 e. The van der Waals surface area contributed by atoms with E-state index in [1.54, 1.807) is 7.11 Å². The summed E-state index contributed by atoms with van der Waals surface area (Å²) in [7, 11) is 1.64. The van der Waals surface area contributed by atoms with Crippen molar-refractivity contribution in [3.8, 4) is 11.5 Å². The Morgan fingerprint density at radius 2 is 1.90 bits per heavy atom. The van der Waals surface area contributed by atoms with E-state index >= 15 is 0 Å². The van der Waals surface area contributed by atoms with Gasteiger partial charge in [-0.15, -0.1) is 0 Å². The zero-order chi connectivity index (χ0) is 13.9. The Kier molecular flexibility index (Phi) is 3.21. The highest BCUT2D eigenvalue weighted by molar-refractivity contribution is 5.85. The summed E-state index contributed by atoms with van der Waals surface area (Å²) in [6, 6.07) is 13.4. The number of H-pyrrole nitrogens is 1. The molecular weight excluding hydrogens is 252 g/mol. The Labute approximate surface area is 117 Å². The van der Waals surface area contributed by atoms with E-state index in [1.807, 2.05) is 48.7 Å². The summed E-state index contributed by atoms with van der Waals surface area (Å²) < 4.78 is 11.1. The average Bonchev–Trinajstić information content (AvgIpc) is 2.87. The SMILES string of the molecule is COc1ccccc1OCc1c[nH]c2cc(N)ccc12. The van der Waals surface area contributed by atoms with E-state index in [4.69, 9.17) is 15.2 Å². The van der Waals surface area contributed by atoms with E-state index in [0.29, 0.717) is 6.61 Å². The number of benzene rings is 2. The third kappa shape index (κ3) is 2.28. The molecule has 0 aliphatic carbocycles. The molecule has 0 aliphatic heterocycles. The van der Waals surface area contributed by atoms with E-state index in [-0.39, 0.29) is 0 Å². The van der Waals surface area contributed by atoms with E-state index in [9.17, 15) is 0 Å². The molecule has 3 N–H and O–H groups in total. The van der Waals surface area contributed by atoms with E-state index in [1.165, 1.54) is 0 Å². The van der Waals surface area contributed by atoms with Gasteiger partial charge in [-0.25, -0.2) is 0 Å². The van der Waals surface area contributed by atoms with Gasteiger partial charge in [0.25, 0.3) is 0 Å². The fraction of sp³-hybridized carbons (Fsp3) is 0.125. The molecular formula is C16H16N2O2. The van der Waals surface area contributed by atoms with Crippen molar-refractivity contribution in [1.82, 2.24) is 4.98 Å². The number of fused-ring (bicyclic) bond motifs is 1. The molecule has 3 rings (SSSR count). The summed E-state index contributed by atoms with van der Waals surface area (Å²) in [5, 5.41) is 1.12. The van der Waals surface area contributed by atoms with Gasteiger partial charge in [-0.1, -0.05) is 18.2 Å². The molecule has 1 aromatic heterocycles. The summed E-state index contributed by atoms with van der Waals surface area (Å²) in [5.41, 5.74) is 8.62. The van der Waals surface area contributed by atoms with Gasteiger partial charge in [-0.2, -0.15) is 0 Å². The van der Waals surface area contributed by atoms with Crippen molar-refractivity contribution >= 4 is 16.6 Å². The highest BCUT2D eigenvalue weighted by atomic mass is 16.5. The van der Waals surface area contributed by atoms with Crippen LogP contribution in [0.5, 0.6) is 11.5 Å². The van der Waals surface area contributed by atoms with Crippen LogP contribution in [0.2, 0.25) is 0 Å². The Hall–Kier alpha value is -2.62. The number of aromatic nitrogens is 1. The molecule has 3 aromatic rings. The van der Waals surface area contributed by atoms with Crippen molar-refractivity contribution < 1.29 is 9.47 Å². The van der Waals surface area contributed by atoms with Gasteiger partial charge in [0.05, 0.1) is 7.11 Å². The minimum Gasteiger partial charge on any atom is -0.493 e. The van der Waals surface area contributed by atoms with Crippen LogP contribution in [-0.2, 0) is 6.61 Å². The van der Waals surface area contributed by atoms with Gasteiger partial charge in [0.1, 0.15) is 6.61 Å². The van der Waals surface area contributed by atoms with Crippen molar-refractivity contribution in [3.63, 3.8) is 0 Å². The molecule has 0 bridgehead atoms. The van der Waals surface area contributed by atoms with Gasteiger partial charge in [0, 0.05) is 28.4 Å². The summed E-state index contributed by atoms with van der Waals surface area (Å²) in [5.74, 6) is 1.47.